The van der Waals surface area contributed by atoms with E-state index in [0.29, 0.717) is 0 Å². The van der Waals surface area contributed by atoms with Gasteiger partial charge in [-0.15, -0.1) is 0 Å². The predicted octanol–water partition coefficient (Wildman–Crippen LogP) is -4.84. The third kappa shape index (κ3) is 2530. The molecule has 0 saturated heterocycles. The Bertz CT molecular complexity index is 76.9. The summed E-state index contributed by atoms with van der Waals surface area (Å²) in [5.41, 5.74) is 0. The maximum absolute atomic E-state index is 0. The molecule has 0 aromatic carbocycles. The molecule has 0 N–H and O–H groups in total. The fourth-order valence-corrected chi connectivity index (χ4v) is 0. The van der Waals surface area contributed by atoms with Crippen LogP contribution in [0.3, 0.4) is 0 Å². The van der Waals surface area contributed by atoms with Gasteiger partial charge in [0.1, 0.15) is 0 Å². The molecule has 0 aromatic heterocycles. The Hall–Kier alpha value is 17.6. The molecule has 653 valence electrons. The van der Waals surface area contributed by atoms with Gasteiger partial charge in [-0.1, -0.05) is 0 Å². The summed E-state index contributed by atoms with van der Waals surface area (Å²) in [6.07, 6.45) is 0. The third-order valence-electron chi connectivity index (χ3n) is 0. The zero-order valence-corrected chi connectivity index (χ0v) is 62.3. The summed E-state index contributed by atoms with van der Waals surface area (Å²) in [7, 11) is 0. The van der Waals surface area contributed by atoms with E-state index in [-0.39, 0.29) is 851 Å². The van der Waals surface area contributed by atoms with Crippen LogP contribution in [0.1, 0.15) is 0 Å². The molecule has 0 unspecified atom stereocenters. The molecule has 37 radical (unpaired) electrons. The van der Waals surface area contributed by atoms with Gasteiger partial charge in [-0.2, -0.15) is 0 Å². The topological polar surface area (TPSA) is 1140 Å². The second-order valence-electron chi connectivity index (χ2n) is 0. The SMILES string of the molecule is [Cu+2].[Cu+2].[Cu+2].[Cu+2].[Cu+2].[Cu+2].[Cu+2].[Cu+2].[Cu+2].[Cu+2].[Cu+2].[Cu+2].[Cu+2].[Cu+2].[Cu+2].[Cu+2].[Cu+2].[Cu+2].[Cu+2].[Cu+2].[Cu+2].[Cu+2].[Cu+2].[Cu+2].[Cu+2].[Cu+2].[Cu+2].[Cu+2].[Cu+2].[Cu+2].[Cu+2].[Cu+2].[Cu+2].[Cu+2].[Cu+2].[Cu+2].[Cu+2].[O-2].[O-2].[O-2].[O-2].[O-2].[O-2].[O-2].[O-2].[O-2].[O-2].[O-2].[O-2].[O-2].[O-2].[O-2].[O-2].[O-2].[O-2].[O-2].[O-2].[O-2].[O-2].[O-2].[O-2].[O-2].[O-2].[O-2].[O-2].[O-2].[O-2].[O-2].[O-2].[O-2].[O-2].[O-2].[O-2].[O-2].[O-2].[O-2].[O-2]. The number of hydrogen-bond acceptors (Lipinski definition) is 0. The summed E-state index contributed by atoms with van der Waals surface area (Å²) in [5, 5.41) is 0. The Labute approximate surface area is 835 Å². The maximum Gasteiger partial charge on any atom is 2.00 e. The molecule has 77 heteroatoms. The van der Waals surface area contributed by atoms with Crippen molar-refractivity contribution in [2.75, 3.05) is 0 Å². The van der Waals surface area contributed by atoms with Crippen molar-refractivity contribution in [2.45, 2.75) is 0 Å². The van der Waals surface area contributed by atoms with E-state index in [4.69, 9.17) is 0 Å². The van der Waals surface area contributed by atoms with Crippen LogP contribution in [0.15, 0.2) is 0 Å². The first-order chi connectivity index (χ1) is 0. The monoisotopic (exact) mass is 2970 g/mol. The molecule has 77 heavy (non-hydrogen) atoms. The van der Waals surface area contributed by atoms with Crippen LogP contribution in [-0.4, -0.2) is 0 Å². The molecule has 0 rings (SSSR count). The molecule has 0 aliphatic carbocycles. The second kappa shape index (κ2) is 2590. The van der Waals surface area contributed by atoms with Gasteiger partial charge in [0.2, 0.25) is 0 Å². The summed E-state index contributed by atoms with van der Waals surface area (Å²) in [4.78, 5) is 0. The Morgan fingerprint density at radius 1 is 0.0260 bits per heavy atom. The molecule has 0 aliphatic rings. The van der Waals surface area contributed by atoms with E-state index in [9.17, 15) is 0 Å². The molecule has 0 fully saturated rings. The van der Waals surface area contributed by atoms with Crippen LogP contribution < -0.4 is 0 Å². The van der Waals surface area contributed by atoms with Crippen molar-refractivity contribution in [3.8, 4) is 0 Å². The maximum atomic E-state index is 0. The second-order valence-corrected chi connectivity index (χ2v) is 0. The minimum absolute atomic E-state index is 0. The van der Waals surface area contributed by atoms with Crippen LogP contribution in [0.25, 0.3) is 0 Å². The summed E-state index contributed by atoms with van der Waals surface area (Å²) < 4.78 is 0. The molecule has 0 bridgehead atoms. The van der Waals surface area contributed by atoms with Crippen molar-refractivity contribution < 1.29 is 851 Å². The molecule has 0 saturated carbocycles. The molecule has 0 amide bonds. The Morgan fingerprint density at radius 2 is 0.0260 bits per heavy atom. The van der Waals surface area contributed by atoms with Crippen molar-refractivity contribution in [3.63, 3.8) is 0 Å². The Morgan fingerprint density at radius 3 is 0.0260 bits per heavy atom. The van der Waals surface area contributed by atoms with E-state index >= 15 is 0 Å². The largest absolute Gasteiger partial charge is 2.00 e. The number of rotatable bonds is 0. The van der Waals surface area contributed by atoms with Crippen LogP contribution in [0.2, 0.25) is 0 Å². The van der Waals surface area contributed by atoms with Crippen molar-refractivity contribution >= 4 is 0 Å². The fourth-order valence-electron chi connectivity index (χ4n) is 0. The average Bonchev–Trinajstić information content (AvgIpc) is 0. The van der Waals surface area contributed by atoms with Crippen molar-refractivity contribution in [2.24, 2.45) is 0 Å². The van der Waals surface area contributed by atoms with Crippen LogP contribution >= 0.6 is 0 Å². The van der Waals surface area contributed by atoms with Gasteiger partial charge in [0.05, 0.1) is 0 Å². The normalized spacial score (nSPS) is 0. The summed E-state index contributed by atoms with van der Waals surface area (Å²) in [5.74, 6) is 0. The standard InChI is InChI=1S/37Cu.40O/q37*+2;40*-2. The average molecular weight is 2990 g/mol. The van der Waals surface area contributed by atoms with Crippen LogP contribution in [0, 0.1) is 0 Å². The van der Waals surface area contributed by atoms with E-state index in [2.05, 4.69) is 0 Å². The molecule has 40 nitrogen and oxygen atoms in total. The van der Waals surface area contributed by atoms with E-state index in [1.807, 2.05) is 0 Å². The summed E-state index contributed by atoms with van der Waals surface area (Å²) in [6.45, 7) is 0. The van der Waals surface area contributed by atoms with E-state index in [1.165, 1.54) is 0 Å². The quantitative estimate of drug-likeness (QED) is 0.206. The molecule has 0 atom stereocenters. The van der Waals surface area contributed by atoms with Crippen molar-refractivity contribution in [1.29, 1.82) is 0 Å². The van der Waals surface area contributed by atoms with Crippen LogP contribution in [0.4, 0.5) is 0 Å². The van der Waals surface area contributed by atoms with Gasteiger partial charge in [-0.25, -0.2) is 0 Å². The third-order valence-corrected chi connectivity index (χ3v) is 0. The smallest absolute Gasteiger partial charge is 2.00 e. The van der Waals surface area contributed by atoms with E-state index < -0.39 is 0 Å². The predicted molar refractivity (Wildman–Crippen MR) is 27.5 cm³/mol. The Balaban J connectivity index is 0. The molecule has 0 aromatic rings. The number of hydrogen-bond donors (Lipinski definition) is 0. The van der Waals surface area contributed by atoms with E-state index in [0.717, 1.165) is 0 Å². The minimum Gasteiger partial charge on any atom is -2.00 e. The van der Waals surface area contributed by atoms with Crippen molar-refractivity contribution in [1.82, 2.24) is 0 Å². The first-order valence-electron chi connectivity index (χ1n) is 0. The van der Waals surface area contributed by atoms with Gasteiger partial charge in [0.15, 0.2) is 0 Å². The molecular formula is Cu37O40-6. The van der Waals surface area contributed by atoms with Gasteiger partial charge in [-0.3, -0.25) is 0 Å². The van der Waals surface area contributed by atoms with E-state index in [1.54, 1.807) is 0 Å². The van der Waals surface area contributed by atoms with Crippen LogP contribution in [0.5, 0.6) is 0 Å². The summed E-state index contributed by atoms with van der Waals surface area (Å²) in [6, 6.07) is 0. The van der Waals surface area contributed by atoms with Crippen molar-refractivity contribution in [3.05, 3.63) is 0 Å². The van der Waals surface area contributed by atoms with Gasteiger partial charge in [0, 0.05) is 0 Å². The molecule has 0 aliphatic heterocycles. The fraction of sp³-hybridized carbons (Fsp3) is 0. The summed E-state index contributed by atoms with van der Waals surface area (Å²) >= 11 is 0. The molecular weight excluding hydrogens is 2990 g/mol. The molecule has 0 heterocycles. The van der Waals surface area contributed by atoms with Gasteiger partial charge in [-0.05, 0) is 0 Å². The van der Waals surface area contributed by atoms with Crippen LogP contribution in [-0.2, 0) is 851 Å². The van der Waals surface area contributed by atoms with Gasteiger partial charge >= 0.3 is 632 Å². The van der Waals surface area contributed by atoms with Gasteiger partial charge < -0.3 is 219 Å². The minimum atomic E-state index is 0. The zero-order chi connectivity index (χ0) is 0. The Kier molecular flexibility index (Phi) is 89700. The van der Waals surface area contributed by atoms with Gasteiger partial charge in [0.25, 0.3) is 0 Å². The molecule has 0 spiro atoms. The first kappa shape index (κ1) is 2670. The first-order valence-corrected chi connectivity index (χ1v) is 0. The zero-order valence-electron chi connectivity index (χ0n) is 27.5.